The number of hydrogen-bond acceptors (Lipinski definition) is 2. The molecule has 0 amide bonds. The van der Waals surface area contributed by atoms with E-state index in [9.17, 15) is 0 Å². The van der Waals surface area contributed by atoms with Gasteiger partial charge in [0.1, 0.15) is 0 Å². The van der Waals surface area contributed by atoms with E-state index in [2.05, 4.69) is 37.4 Å². The van der Waals surface area contributed by atoms with Crippen LogP contribution in [0, 0.1) is 0 Å². The molecule has 0 N–H and O–H groups in total. The maximum Gasteiger partial charge on any atom is 0.0505 e. The highest BCUT2D eigenvalue weighted by molar-refractivity contribution is 8.20. The summed E-state index contributed by atoms with van der Waals surface area (Å²) in [4.78, 5) is 0. The fraction of sp³-hybridized carbons (Fsp3) is 1.00. The average Bonchev–Trinajstić information content (AvgIpc) is 2.17. The van der Waals surface area contributed by atoms with Crippen LogP contribution in [-0.4, -0.2) is 15.6 Å². The zero-order valence-corrected chi connectivity index (χ0v) is 7.73. The zero-order chi connectivity index (χ0) is 6.69. The SMILES string of the molecule is CCCC1SCC(C)S1. The van der Waals surface area contributed by atoms with Crippen LogP contribution in [0.1, 0.15) is 26.7 Å². The van der Waals surface area contributed by atoms with Gasteiger partial charge in [-0.1, -0.05) is 20.3 Å². The maximum atomic E-state index is 2.33. The molecular formula is C7H14S2. The summed E-state index contributed by atoms with van der Waals surface area (Å²) in [7, 11) is 0. The Morgan fingerprint density at radius 1 is 1.56 bits per heavy atom. The molecule has 1 fully saturated rings. The van der Waals surface area contributed by atoms with Gasteiger partial charge >= 0.3 is 0 Å². The summed E-state index contributed by atoms with van der Waals surface area (Å²) in [5.74, 6) is 1.37. The molecule has 0 aromatic rings. The van der Waals surface area contributed by atoms with Crippen molar-refractivity contribution in [3.8, 4) is 0 Å². The van der Waals surface area contributed by atoms with Crippen molar-refractivity contribution >= 4 is 23.5 Å². The number of thioether (sulfide) groups is 2. The lowest BCUT2D eigenvalue weighted by Crippen LogP contribution is -1.91. The predicted molar refractivity (Wildman–Crippen MR) is 48.2 cm³/mol. The molecule has 9 heavy (non-hydrogen) atoms. The van der Waals surface area contributed by atoms with E-state index in [4.69, 9.17) is 0 Å². The van der Waals surface area contributed by atoms with Crippen LogP contribution >= 0.6 is 23.5 Å². The smallest absolute Gasteiger partial charge is 0.0505 e. The van der Waals surface area contributed by atoms with Crippen molar-refractivity contribution in [2.45, 2.75) is 36.5 Å². The van der Waals surface area contributed by atoms with Crippen LogP contribution in [0.2, 0.25) is 0 Å². The third-order valence-corrected chi connectivity index (χ3v) is 4.85. The van der Waals surface area contributed by atoms with Gasteiger partial charge in [0.2, 0.25) is 0 Å². The van der Waals surface area contributed by atoms with Gasteiger partial charge in [-0.3, -0.25) is 0 Å². The Hall–Kier alpha value is 0.700. The van der Waals surface area contributed by atoms with Gasteiger partial charge in [-0.15, -0.1) is 23.5 Å². The predicted octanol–water partition coefficient (Wildman–Crippen LogP) is 2.98. The second-order valence-corrected chi connectivity index (χ2v) is 5.68. The highest BCUT2D eigenvalue weighted by Gasteiger charge is 2.20. The van der Waals surface area contributed by atoms with E-state index >= 15 is 0 Å². The normalized spacial score (nSPS) is 35.3. The third kappa shape index (κ3) is 2.42. The second-order valence-electron chi connectivity index (χ2n) is 2.50. The van der Waals surface area contributed by atoms with Crippen molar-refractivity contribution in [2.75, 3.05) is 5.75 Å². The van der Waals surface area contributed by atoms with Gasteiger partial charge in [0.25, 0.3) is 0 Å². The van der Waals surface area contributed by atoms with Gasteiger partial charge in [0.05, 0.1) is 4.58 Å². The summed E-state index contributed by atoms with van der Waals surface area (Å²) in [5, 5.41) is 0.909. The Labute approximate surface area is 66.2 Å². The zero-order valence-electron chi connectivity index (χ0n) is 6.09. The van der Waals surface area contributed by atoms with Crippen LogP contribution in [0.15, 0.2) is 0 Å². The first-order valence-corrected chi connectivity index (χ1v) is 5.59. The summed E-state index contributed by atoms with van der Waals surface area (Å²) >= 11 is 4.29. The summed E-state index contributed by atoms with van der Waals surface area (Å²) in [6, 6.07) is 0. The number of rotatable bonds is 2. The molecule has 0 nitrogen and oxygen atoms in total. The van der Waals surface area contributed by atoms with Crippen molar-refractivity contribution in [1.29, 1.82) is 0 Å². The minimum atomic E-state index is 0.909. The summed E-state index contributed by atoms with van der Waals surface area (Å²) < 4.78 is 0.921. The molecule has 1 heterocycles. The van der Waals surface area contributed by atoms with Gasteiger partial charge in [-0.2, -0.15) is 0 Å². The largest absolute Gasteiger partial charge is 0.146 e. The average molecular weight is 162 g/mol. The Morgan fingerprint density at radius 3 is 2.78 bits per heavy atom. The highest BCUT2D eigenvalue weighted by Crippen LogP contribution is 2.39. The molecule has 2 unspecified atom stereocenters. The Bertz CT molecular complexity index is 81.0. The lowest BCUT2D eigenvalue weighted by atomic mass is 10.4. The van der Waals surface area contributed by atoms with E-state index in [-0.39, 0.29) is 0 Å². The van der Waals surface area contributed by atoms with Crippen molar-refractivity contribution < 1.29 is 0 Å². The quantitative estimate of drug-likeness (QED) is 0.612. The van der Waals surface area contributed by atoms with Gasteiger partial charge in [0, 0.05) is 11.0 Å². The monoisotopic (exact) mass is 162 g/mol. The Morgan fingerprint density at radius 2 is 2.33 bits per heavy atom. The molecule has 0 radical (unpaired) electrons. The fourth-order valence-corrected chi connectivity index (χ4v) is 4.41. The second kappa shape index (κ2) is 3.77. The van der Waals surface area contributed by atoms with E-state index < -0.39 is 0 Å². The first kappa shape index (κ1) is 7.80. The van der Waals surface area contributed by atoms with Crippen molar-refractivity contribution in [3.63, 3.8) is 0 Å². The van der Waals surface area contributed by atoms with E-state index in [0.29, 0.717) is 0 Å². The molecule has 2 atom stereocenters. The molecule has 0 aromatic heterocycles. The first-order valence-electron chi connectivity index (χ1n) is 3.60. The summed E-state index contributed by atoms with van der Waals surface area (Å²) in [6.45, 7) is 4.59. The molecule has 0 spiro atoms. The van der Waals surface area contributed by atoms with Crippen LogP contribution in [0.4, 0.5) is 0 Å². The van der Waals surface area contributed by atoms with Gasteiger partial charge in [-0.25, -0.2) is 0 Å². The minimum absolute atomic E-state index is 0.909. The molecule has 0 saturated carbocycles. The maximum absolute atomic E-state index is 2.33. The lowest BCUT2D eigenvalue weighted by Gasteiger charge is -2.04. The van der Waals surface area contributed by atoms with Crippen molar-refractivity contribution in [3.05, 3.63) is 0 Å². The molecular weight excluding hydrogens is 148 g/mol. The molecule has 0 aromatic carbocycles. The van der Waals surface area contributed by atoms with Crippen molar-refractivity contribution in [2.24, 2.45) is 0 Å². The fourth-order valence-electron chi connectivity index (χ4n) is 0.968. The van der Waals surface area contributed by atoms with Crippen LogP contribution in [0.25, 0.3) is 0 Å². The molecule has 0 bridgehead atoms. The van der Waals surface area contributed by atoms with E-state index in [1.165, 1.54) is 18.6 Å². The Balaban J connectivity index is 2.14. The lowest BCUT2D eigenvalue weighted by molar-refractivity contribution is 0.873. The van der Waals surface area contributed by atoms with Crippen LogP contribution in [0.5, 0.6) is 0 Å². The highest BCUT2D eigenvalue weighted by atomic mass is 32.2. The molecule has 0 aliphatic carbocycles. The molecule has 1 saturated heterocycles. The first-order chi connectivity index (χ1) is 4.33. The third-order valence-electron chi connectivity index (χ3n) is 1.43. The van der Waals surface area contributed by atoms with Crippen LogP contribution in [-0.2, 0) is 0 Å². The molecule has 2 heteroatoms. The van der Waals surface area contributed by atoms with Crippen LogP contribution in [0.3, 0.4) is 0 Å². The molecule has 54 valence electrons. The van der Waals surface area contributed by atoms with E-state index in [1.54, 1.807) is 0 Å². The topological polar surface area (TPSA) is 0 Å². The van der Waals surface area contributed by atoms with Crippen molar-refractivity contribution in [1.82, 2.24) is 0 Å². The number of hydrogen-bond donors (Lipinski definition) is 0. The van der Waals surface area contributed by atoms with Gasteiger partial charge in [-0.05, 0) is 6.42 Å². The molecule has 1 aliphatic heterocycles. The Kier molecular flexibility index (Phi) is 3.27. The van der Waals surface area contributed by atoms with Gasteiger partial charge < -0.3 is 0 Å². The van der Waals surface area contributed by atoms with Crippen LogP contribution < -0.4 is 0 Å². The minimum Gasteiger partial charge on any atom is -0.146 e. The summed E-state index contributed by atoms with van der Waals surface area (Å²) in [5.41, 5.74) is 0. The standard InChI is InChI=1S/C7H14S2/c1-3-4-7-8-5-6(2)9-7/h6-7H,3-5H2,1-2H3. The molecule has 1 rings (SSSR count). The van der Waals surface area contributed by atoms with Gasteiger partial charge in [0.15, 0.2) is 0 Å². The van der Waals surface area contributed by atoms with E-state index in [1.807, 2.05) is 0 Å². The summed E-state index contributed by atoms with van der Waals surface area (Å²) in [6.07, 6.45) is 2.75. The molecule has 1 aliphatic rings. The van der Waals surface area contributed by atoms with E-state index in [0.717, 1.165) is 9.83 Å².